The first-order chi connectivity index (χ1) is 13.2. The van der Waals surface area contributed by atoms with Gasteiger partial charge in [0.1, 0.15) is 5.75 Å². The quantitative estimate of drug-likeness (QED) is 0.713. The second-order valence-electron chi connectivity index (χ2n) is 7.29. The van der Waals surface area contributed by atoms with Crippen LogP contribution >= 0.6 is 11.3 Å². The summed E-state index contributed by atoms with van der Waals surface area (Å²) in [5.41, 5.74) is 1.38. The molecule has 2 heterocycles. The van der Waals surface area contributed by atoms with Gasteiger partial charge in [-0.15, -0.1) is 11.3 Å². The van der Waals surface area contributed by atoms with Crippen molar-refractivity contribution in [1.29, 1.82) is 0 Å². The fourth-order valence-corrected chi connectivity index (χ4v) is 4.34. The van der Waals surface area contributed by atoms with Gasteiger partial charge in [-0.2, -0.15) is 0 Å². The molecule has 2 aromatic rings. The lowest BCUT2D eigenvalue weighted by atomic mass is 9.90. The Morgan fingerprint density at radius 3 is 2.63 bits per heavy atom. The number of carbonyl (C=O) groups is 1. The molecule has 1 aliphatic rings. The molecule has 0 aliphatic carbocycles. The van der Waals surface area contributed by atoms with Crippen LogP contribution in [0.3, 0.4) is 0 Å². The predicted molar refractivity (Wildman–Crippen MR) is 112 cm³/mol. The van der Waals surface area contributed by atoms with Gasteiger partial charge in [0.2, 0.25) is 5.91 Å². The van der Waals surface area contributed by atoms with Crippen LogP contribution < -0.4 is 10.1 Å². The number of nitrogens with zero attached hydrogens (tertiary/aromatic N) is 1. The minimum Gasteiger partial charge on any atom is -0.497 e. The van der Waals surface area contributed by atoms with Gasteiger partial charge < -0.3 is 10.1 Å². The number of piperidine rings is 1. The number of methoxy groups -OCH3 is 1. The van der Waals surface area contributed by atoms with E-state index in [1.165, 1.54) is 29.7 Å². The van der Waals surface area contributed by atoms with Gasteiger partial charge in [-0.25, -0.2) is 0 Å². The van der Waals surface area contributed by atoms with Gasteiger partial charge in [-0.1, -0.05) is 18.2 Å². The average Bonchev–Trinajstić information content (AvgIpc) is 3.21. The number of hydrogen-bond acceptors (Lipinski definition) is 4. The van der Waals surface area contributed by atoms with Crippen molar-refractivity contribution in [2.45, 2.75) is 32.1 Å². The van der Waals surface area contributed by atoms with Crippen LogP contribution in [0.4, 0.5) is 0 Å². The molecule has 5 heteroatoms. The molecule has 146 valence electrons. The molecular formula is C22H30N2O2S. The van der Waals surface area contributed by atoms with Crippen molar-refractivity contribution >= 4 is 17.2 Å². The molecule has 1 aromatic heterocycles. The number of hydrogen-bond donors (Lipinski definition) is 1. The zero-order valence-corrected chi connectivity index (χ0v) is 17.0. The number of ether oxygens (including phenoxy) is 1. The Morgan fingerprint density at radius 1 is 1.19 bits per heavy atom. The Bertz CT molecular complexity index is 677. The number of nitrogens with one attached hydrogen (secondary N) is 1. The number of carbonyl (C=O) groups excluding carboxylic acids is 1. The molecule has 0 radical (unpaired) electrons. The Morgan fingerprint density at radius 2 is 1.96 bits per heavy atom. The van der Waals surface area contributed by atoms with Crippen LogP contribution in [0, 0.1) is 5.92 Å². The van der Waals surface area contributed by atoms with Crippen molar-refractivity contribution in [2.75, 3.05) is 33.3 Å². The minimum atomic E-state index is 0.156. The Hall–Kier alpha value is -1.85. The maximum Gasteiger partial charge on any atom is 0.234 e. The second kappa shape index (κ2) is 10.5. The van der Waals surface area contributed by atoms with Crippen molar-refractivity contribution in [3.63, 3.8) is 0 Å². The average molecular weight is 387 g/mol. The normalized spacial score (nSPS) is 15.6. The highest BCUT2D eigenvalue weighted by Gasteiger charge is 2.20. The Labute approximate surface area is 166 Å². The van der Waals surface area contributed by atoms with E-state index in [1.807, 2.05) is 12.1 Å². The van der Waals surface area contributed by atoms with Crippen molar-refractivity contribution in [3.8, 4) is 5.75 Å². The molecule has 0 spiro atoms. The van der Waals surface area contributed by atoms with Crippen LogP contribution in [0.15, 0.2) is 41.8 Å². The van der Waals surface area contributed by atoms with Crippen LogP contribution in [0.1, 0.15) is 29.7 Å². The standard InChI is InChI=1S/C22H30N2O2S/c1-26-20-8-6-18(7-9-20)4-5-19-11-14-24(15-12-19)17-22(25)23-13-10-21-3-2-16-27-21/h2-3,6-9,16,19H,4-5,10-15,17H2,1H3,(H,23,25). The highest BCUT2D eigenvalue weighted by molar-refractivity contribution is 7.09. The van der Waals surface area contributed by atoms with Crippen LogP contribution in [-0.4, -0.2) is 44.1 Å². The first kappa shape index (κ1) is 19.9. The first-order valence-corrected chi connectivity index (χ1v) is 10.8. The van der Waals surface area contributed by atoms with E-state index < -0.39 is 0 Å². The zero-order valence-electron chi connectivity index (χ0n) is 16.2. The number of thiophene rings is 1. The maximum absolute atomic E-state index is 12.1. The van der Waals surface area contributed by atoms with E-state index in [0.717, 1.165) is 44.1 Å². The third kappa shape index (κ3) is 6.67. The number of amides is 1. The van der Waals surface area contributed by atoms with Crippen LogP contribution in [0.5, 0.6) is 5.75 Å². The number of rotatable bonds is 9. The third-order valence-electron chi connectivity index (χ3n) is 5.35. The molecule has 1 aromatic carbocycles. The zero-order chi connectivity index (χ0) is 18.9. The van der Waals surface area contributed by atoms with Crippen LogP contribution in [-0.2, 0) is 17.6 Å². The van der Waals surface area contributed by atoms with E-state index in [9.17, 15) is 4.79 Å². The van der Waals surface area contributed by atoms with Crippen molar-refractivity contribution in [2.24, 2.45) is 5.92 Å². The molecule has 1 N–H and O–H groups in total. The summed E-state index contributed by atoms with van der Waals surface area (Å²) in [7, 11) is 1.70. The molecule has 1 amide bonds. The Kier molecular flexibility index (Phi) is 7.72. The molecule has 27 heavy (non-hydrogen) atoms. The topological polar surface area (TPSA) is 41.6 Å². The maximum atomic E-state index is 12.1. The fraction of sp³-hybridized carbons (Fsp3) is 0.500. The van der Waals surface area contributed by atoms with Crippen molar-refractivity contribution in [1.82, 2.24) is 10.2 Å². The van der Waals surface area contributed by atoms with Gasteiger partial charge in [0.25, 0.3) is 0 Å². The Balaban J connectivity index is 1.29. The van der Waals surface area contributed by atoms with Crippen LogP contribution in [0.25, 0.3) is 0 Å². The lowest BCUT2D eigenvalue weighted by Crippen LogP contribution is -2.42. The summed E-state index contributed by atoms with van der Waals surface area (Å²) < 4.78 is 5.21. The summed E-state index contributed by atoms with van der Waals surface area (Å²) in [6.45, 7) is 3.34. The molecule has 0 saturated carbocycles. The summed E-state index contributed by atoms with van der Waals surface area (Å²) in [6, 6.07) is 12.6. The van der Waals surface area contributed by atoms with E-state index in [4.69, 9.17) is 4.74 Å². The molecule has 1 aliphatic heterocycles. The molecule has 0 bridgehead atoms. The van der Waals surface area contributed by atoms with Gasteiger partial charge in [-0.05, 0) is 80.3 Å². The molecule has 0 unspecified atom stereocenters. The van der Waals surface area contributed by atoms with E-state index >= 15 is 0 Å². The first-order valence-electron chi connectivity index (χ1n) is 9.87. The lowest BCUT2D eigenvalue weighted by Gasteiger charge is -2.31. The van der Waals surface area contributed by atoms with E-state index in [0.29, 0.717) is 6.54 Å². The number of aryl methyl sites for hydroxylation is 1. The molecule has 4 nitrogen and oxygen atoms in total. The minimum absolute atomic E-state index is 0.156. The molecule has 1 fully saturated rings. The van der Waals surface area contributed by atoms with Gasteiger partial charge >= 0.3 is 0 Å². The third-order valence-corrected chi connectivity index (χ3v) is 6.28. The van der Waals surface area contributed by atoms with Crippen molar-refractivity contribution < 1.29 is 9.53 Å². The van der Waals surface area contributed by atoms with Crippen LogP contribution in [0.2, 0.25) is 0 Å². The highest BCUT2D eigenvalue weighted by Crippen LogP contribution is 2.23. The monoisotopic (exact) mass is 386 g/mol. The summed E-state index contributed by atoms with van der Waals surface area (Å²) in [6.07, 6.45) is 5.67. The van der Waals surface area contributed by atoms with Gasteiger partial charge in [0.15, 0.2) is 0 Å². The largest absolute Gasteiger partial charge is 0.497 e. The SMILES string of the molecule is COc1ccc(CCC2CCN(CC(=O)NCCc3cccs3)CC2)cc1. The predicted octanol–water partition coefficient (Wildman–Crippen LogP) is 3.76. The van der Waals surface area contributed by atoms with E-state index in [2.05, 4.69) is 39.9 Å². The summed E-state index contributed by atoms with van der Waals surface area (Å²) in [5, 5.41) is 5.13. The van der Waals surface area contributed by atoms with Crippen molar-refractivity contribution in [3.05, 3.63) is 52.2 Å². The highest BCUT2D eigenvalue weighted by atomic mass is 32.1. The number of likely N-dealkylation sites (tertiary alicyclic amines) is 1. The summed E-state index contributed by atoms with van der Waals surface area (Å²) in [4.78, 5) is 15.7. The smallest absolute Gasteiger partial charge is 0.234 e. The van der Waals surface area contributed by atoms with Gasteiger partial charge in [0.05, 0.1) is 13.7 Å². The van der Waals surface area contributed by atoms with E-state index in [1.54, 1.807) is 18.4 Å². The molecular weight excluding hydrogens is 356 g/mol. The molecule has 3 rings (SSSR count). The van der Waals surface area contributed by atoms with Gasteiger partial charge in [-0.3, -0.25) is 9.69 Å². The molecule has 1 saturated heterocycles. The lowest BCUT2D eigenvalue weighted by molar-refractivity contribution is -0.122. The summed E-state index contributed by atoms with van der Waals surface area (Å²) in [5.74, 6) is 1.84. The van der Waals surface area contributed by atoms with Gasteiger partial charge in [0, 0.05) is 11.4 Å². The number of benzene rings is 1. The van der Waals surface area contributed by atoms with E-state index in [-0.39, 0.29) is 5.91 Å². The summed E-state index contributed by atoms with van der Waals surface area (Å²) >= 11 is 1.75. The molecule has 0 atom stereocenters. The second-order valence-corrected chi connectivity index (χ2v) is 8.32. The fourth-order valence-electron chi connectivity index (χ4n) is 3.64.